The first-order valence-corrected chi connectivity index (χ1v) is 12.1. The van der Waals surface area contributed by atoms with Crippen LogP contribution in [0, 0.1) is 5.41 Å². The summed E-state index contributed by atoms with van der Waals surface area (Å²) in [6.45, 7) is 2.85. The number of thioether (sulfide) groups is 1. The number of benzene rings is 1. The first-order chi connectivity index (χ1) is 15.9. The van der Waals surface area contributed by atoms with Crippen LogP contribution >= 0.6 is 23.4 Å². The molecule has 0 bridgehead atoms. The van der Waals surface area contributed by atoms with E-state index in [0.717, 1.165) is 24.6 Å². The van der Waals surface area contributed by atoms with Crippen LogP contribution in [0.5, 0.6) is 0 Å². The summed E-state index contributed by atoms with van der Waals surface area (Å²) in [5, 5.41) is 7.80. The number of aromatic nitrogens is 3. The Kier molecular flexibility index (Phi) is 8.72. The first-order valence-electron chi connectivity index (χ1n) is 10.8. The van der Waals surface area contributed by atoms with Crippen molar-refractivity contribution in [2.75, 3.05) is 19.0 Å². The Morgan fingerprint density at radius 2 is 2.03 bits per heavy atom. The number of carbonyl (C=O) groups excluding carboxylic acids is 3. The van der Waals surface area contributed by atoms with Gasteiger partial charge in [-0.3, -0.25) is 19.5 Å². The van der Waals surface area contributed by atoms with Crippen LogP contribution in [0.4, 0.5) is 0 Å². The molecule has 1 aromatic carbocycles. The highest BCUT2D eigenvalue weighted by atomic mass is 35.5. The minimum atomic E-state index is -1.43. The van der Waals surface area contributed by atoms with Gasteiger partial charge in [-0.25, -0.2) is 4.98 Å². The zero-order valence-electron chi connectivity index (χ0n) is 18.0. The molecule has 0 aliphatic carbocycles. The van der Waals surface area contributed by atoms with E-state index in [9.17, 15) is 14.4 Å². The summed E-state index contributed by atoms with van der Waals surface area (Å²) < 4.78 is 16.2. The number of Topliss-reactive ketones (excluding diaryl/α,β-unsaturated/α-hetero) is 1. The molecule has 0 saturated carbocycles. The van der Waals surface area contributed by atoms with Gasteiger partial charge >= 0.3 is 11.9 Å². The van der Waals surface area contributed by atoms with Gasteiger partial charge in [0.15, 0.2) is 23.1 Å². The lowest BCUT2D eigenvalue weighted by molar-refractivity contribution is -0.159. The van der Waals surface area contributed by atoms with E-state index in [0.29, 0.717) is 28.2 Å². The van der Waals surface area contributed by atoms with Gasteiger partial charge in [-0.1, -0.05) is 56.3 Å². The normalized spacial score (nSPS) is 23.6. The Labute approximate surface area is 207 Å². The van der Waals surface area contributed by atoms with Gasteiger partial charge in [0.05, 0.1) is 17.4 Å². The number of nitrogens with one attached hydrogen (secondary N) is 1. The predicted octanol–water partition coefficient (Wildman–Crippen LogP) is 3.86. The fourth-order valence-corrected chi connectivity index (χ4v) is 4.79. The van der Waals surface area contributed by atoms with E-state index in [4.69, 9.17) is 25.8 Å². The predicted molar refractivity (Wildman–Crippen MR) is 126 cm³/mol. The lowest BCUT2D eigenvalue weighted by Crippen LogP contribution is -2.32. The van der Waals surface area contributed by atoms with Gasteiger partial charge in [0.25, 0.3) is 0 Å². The third-order valence-electron chi connectivity index (χ3n) is 5.66. The molecule has 3 atom stereocenters. The lowest BCUT2D eigenvalue weighted by Gasteiger charge is -2.12. The number of ether oxygens (including phenoxy) is 3. The SMILES string of the molecule is C.CCCCOC[C@@H]1C[C@@]2(CC(C(=O)CSc3n[nH]c(-c4ccccc4Cl)n3)OC2=O)C(=O)O1. The molecular formula is C23H28ClN3O6S. The van der Waals surface area contributed by atoms with Crippen molar-refractivity contribution in [3.8, 4) is 11.4 Å². The molecule has 1 spiro atoms. The topological polar surface area (TPSA) is 120 Å². The summed E-state index contributed by atoms with van der Waals surface area (Å²) in [5.74, 6) is -1.18. The van der Waals surface area contributed by atoms with Crippen molar-refractivity contribution >= 4 is 41.1 Å². The van der Waals surface area contributed by atoms with Crippen molar-refractivity contribution in [2.45, 2.75) is 57.4 Å². The quantitative estimate of drug-likeness (QED) is 0.220. The molecule has 0 radical (unpaired) electrons. The Hall–Kier alpha value is -2.43. The second kappa shape index (κ2) is 11.3. The Morgan fingerprint density at radius 1 is 1.26 bits per heavy atom. The van der Waals surface area contributed by atoms with Crippen LogP contribution in [-0.2, 0) is 28.6 Å². The second-order valence-electron chi connectivity index (χ2n) is 8.04. The molecule has 2 aliphatic heterocycles. The molecule has 34 heavy (non-hydrogen) atoms. The Morgan fingerprint density at radius 3 is 2.79 bits per heavy atom. The number of cyclic esters (lactones) is 2. The highest BCUT2D eigenvalue weighted by molar-refractivity contribution is 7.99. The van der Waals surface area contributed by atoms with Gasteiger partial charge in [-0.05, 0) is 18.6 Å². The van der Waals surface area contributed by atoms with Crippen LogP contribution in [-0.4, -0.2) is 64.1 Å². The number of H-pyrrole nitrogens is 1. The minimum absolute atomic E-state index is 0. The fourth-order valence-electron chi connectivity index (χ4n) is 3.84. The number of hydrogen-bond acceptors (Lipinski definition) is 9. The summed E-state index contributed by atoms with van der Waals surface area (Å²) in [6.07, 6.45) is 0.537. The van der Waals surface area contributed by atoms with Crippen molar-refractivity contribution < 1.29 is 28.6 Å². The minimum Gasteiger partial charge on any atom is -0.459 e. The third-order valence-corrected chi connectivity index (χ3v) is 6.86. The number of ketones is 1. The second-order valence-corrected chi connectivity index (χ2v) is 9.39. The van der Waals surface area contributed by atoms with Gasteiger partial charge in [-0.2, -0.15) is 0 Å². The standard InChI is InChI=1S/C22H24ClN3O6S.CH4/c1-2-3-8-30-11-13-9-22(19(28)31-13)10-17(32-20(22)29)16(27)12-33-21-24-18(25-26-21)14-6-4-5-7-15(14)23;/h4-7,13,17H,2-3,8-12H2,1H3,(H,24,25,26);1H4/t13-,17?,22+;/m0./s1. The van der Waals surface area contributed by atoms with Crippen LogP contribution in [0.15, 0.2) is 29.4 Å². The first kappa shape index (κ1) is 26.2. The molecule has 9 nitrogen and oxygen atoms in total. The maximum absolute atomic E-state index is 12.7. The monoisotopic (exact) mass is 509 g/mol. The molecular weight excluding hydrogens is 482 g/mol. The van der Waals surface area contributed by atoms with Crippen molar-refractivity contribution in [3.05, 3.63) is 29.3 Å². The van der Waals surface area contributed by atoms with Gasteiger partial charge in [0.1, 0.15) is 6.10 Å². The summed E-state index contributed by atoms with van der Waals surface area (Å²) in [5.41, 5.74) is -0.726. The lowest BCUT2D eigenvalue weighted by atomic mass is 9.81. The molecule has 11 heteroatoms. The summed E-state index contributed by atoms with van der Waals surface area (Å²) in [7, 11) is 0. The van der Waals surface area contributed by atoms with Crippen LogP contribution < -0.4 is 0 Å². The van der Waals surface area contributed by atoms with Gasteiger partial charge in [0, 0.05) is 25.0 Å². The maximum Gasteiger partial charge on any atom is 0.324 e. The number of esters is 2. The van der Waals surface area contributed by atoms with Crippen molar-refractivity contribution in [1.29, 1.82) is 0 Å². The summed E-state index contributed by atoms with van der Waals surface area (Å²) in [6, 6.07) is 7.20. The highest BCUT2D eigenvalue weighted by Crippen LogP contribution is 2.45. The number of nitrogens with zero attached hydrogens (tertiary/aromatic N) is 2. The molecule has 1 unspecified atom stereocenters. The van der Waals surface area contributed by atoms with E-state index in [1.54, 1.807) is 6.07 Å². The Bertz CT molecular complexity index is 1050. The van der Waals surface area contributed by atoms with E-state index in [2.05, 4.69) is 22.1 Å². The molecule has 184 valence electrons. The third kappa shape index (κ3) is 5.45. The van der Waals surface area contributed by atoms with Crippen molar-refractivity contribution in [1.82, 2.24) is 15.2 Å². The molecule has 0 amide bonds. The molecule has 2 fully saturated rings. The number of carbonyl (C=O) groups is 3. The molecule has 3 heterocycles. The average Bonchev–Trinajstić information content (AvgIpc) is 3.49. The van der Waals surface area contributed by atoms with Gasteiger partial charge in [0.2, 0.25) is 5.16 Å². The summed E-state index contributed by atoms with van der Waals surface area (Å²) >= 11 is 7.29. The van der Waals surface area contributed by atoms with E-state index >= 15 is 0 Å². The van der Waals surface area contributed by atoms with Crippen molar-refractivity contribution in [2.24, 2.45) is 5.41 Å². The smallest absolute Gasteiger partial charge is 0.324 e. The Balaban J connectivity index is 0.00000324. The number of rotatable bonds is 10. The maximum atomic E-state index is 12.7. The van der Waals surface area contributed by atoms with Gasteiger partial charge in [-0.15, -0.1) is 5.10 Å². The van der Waals surface area contributed by atoms with Crippen molar-refractivity contribution in [3.63, 3.8) is 0 Å². The van der Waals surface area contributed by atoms with E-state index in [1.807, 2.05) is 18.2 Å². The molecule has 2 aromatic rings. The number of unbranched alkanes of at least 4 members (excludes halogenated alkanes) is 1. The van der Waals surface area contributed by atoms with Crippen LogP contribution in [0.25, 0.3) is 11.4 Å². The average molecular weight is 510 g/mol. The number of hydrogen-bond donors (Lipinski definition) is 1. The molecule has 2 saturated heterocycles. The molecule has 2 aliphatic rings. The summed E-state index contributed by atoms with van der Waals surface area (Å²) in [4.78, 5) is 42.1. The van der Waals surface area contributed by atoms with Crippen LogP contribution in [0.2, 0.25) is 5.02 Å². The van der Waals surface area contributed by atoms with Gasteiger partial charge < -0.3 is 14.2 Å². The van der Waals surface area contributed by atoms with Crippen LogP contribution in [0.1, 0.15) is 40.0 Å². The molecule has 1 N–H and O–H groups in total. The van der Waals surface area contributed by atoms with E-state index in [-0.39, 0.29) is 38.4 Å². The highest BCUT2D eigenvalue weighted by Gasteiger charge is 2.62. The molecule has 4 rings (SSSR count). The number of halogens is 1. The zero-order chi connectivity index (χ0) is 23.4. The number of aromatic amines is 1. The molecule has 1 aromatic heterocycles. The van der Waals surface area contributed by atoms with E-state index in [1.165, 1.54) is 0 Å². The van der Waals surface area contributed by atoms with E-state index < -0.39 is 29.6 Å². The fraction of sp³-hybridized carbons (Fsp3) is 0.522. The zero-order valence-corrected chi connectivity index (χ0v) is 19.6. The largest absolute Gasteiger partial charge is 0.459 e. The van der Waals surface area contributed by atoms with Crippen LogP contribution in [0.3, 0.4) is 0 Å².